The van der Waals surface area contributed by atoms with E-state index in [4.69, 9.17) is 19.8 Å². The number of carboxylic acids is 2. The zero-order chi connectivity index (χ0) is 14.1. The lowest BCUT2D eigenvalue weighted by atomic mass is 9.75. The number of rotatable bonds is 4. The first-order chi connectivity index (χ1) is 8.43. The van der Waals surface area contributed by atoms with E-state index in [9.17, 15) is 9.59 Å². The largest absolute Gasteiger partial charge is 0.481 e. The minimum absolute atomic E-state index is 0.0625. The molecular formula is C11H16O7. The van der Waals surface area contributed by atoms with E-state index in [2.05, 4.69) is 4.74 Å². The molecule has 0 heterocycles. The zero-order valence-corrected chi connectivity index (χ0v) is 9.94. The summed E-state index contributed by atoms with van der Waals surface area (Å²) in [6.45, 7) is 2.09. The fourth-order valence-electron chi connectivity index (χ4n) is 1.97. The van der Waals surface area contributed by atoms with Crippen molar-refractivity contribution in [3.8, 4) is 0 Å². The average molecular weight is 260 g/mol. The molecule has 1 aliphatic rings. The summed E-state index contributed by atoms with van der Waals surface area (Å²) in [5.41, 5.74) is 0. The fourth-order valence-corrected chi connectivity index (χ4v) is 1.97. The number of carbonyl (C=O) groups excluding carboxylic acids is 2. The SMILES string of the molecule is CC1CCC(C(=O)O)C(C(=O)O)C1.O=COC=O. The van der Waals surface area contributed by atoms with Crippen molar-refractivity contribution >= 4 is 24.9 Å². The van der Waals surface area contributed by atoms with Gasteiger partial charge in [-0.05, 0) is 25.2 Å². The number of carbonyl (C=O) groups is 4. The molecule has 0 amide bonds. The van der Waals surface area contributed by atoms with Crippen LogP contribution in [0, 0.1) is 17.8 Å². The van der Waals surface area contributed by atoms with E-state index >= 15 is 0 Å². The van der Waals surface area contributed by atoms with E-state index in [0.29, 0.717) is 18.8 Å². The molecule has 102 valence electrons. The van der Waals surface area contributed by atoms with Crippen molar-refractivity contribution in [1.82, 2.24) is 0 Å². The fraction of sp³-hybridized carbons (Fsp3) is 0.636. The van der Waals surface area contributed by atoms with Gasteiger partial charge in [0.1, 0.15) is 0 Å². The molecular weight excluding hydrogens is 244 g/mol. The first-order valence-corrected chi connectivity index (χ1v) is 5.42. The van der Waals surface area contributed by atoms with Crippen LogP contribution >= 0.6 is 0 Å². The summed E-state index contributed by atoms with van der Waals surface area (Å²) in [6, 6.07) is 0. The number of hydrogen-bond acceptors (Lipinski definition) is 5. The Morgan fingerprint density at radius 3 is 1.89 bits per heavy atom. The third-order valence-corrected chi connectivity index (χ3v) is 2.86. The van der Waals surface area contributed by atoms with E-state index in [0.717, 1.165) is 6.42 Å². The van der Waals surface area contributed by atoms with Crippen molar-refractivity contribution in [3.63, 3.8) is 0 Å². The van der Waals surface area contributed by atoms with Gasteiger partial charge in [0.05, 0.1) is 11.8 Å². The first kappa shape index (κ1) is 16.1. The molecule has 0 aromatic carbocycles. The molecule has 0 spiro atoms. The molecule has 0 aliphatic heterocycles. The Morgan fingerprint density at radius 2 is 1.56 bits per heavy atom. The van der Waals surface area contributed by atoms with Gasteiger partial charge in [0, 0.05) is 0 Å². The Morgan fingerprint density at radius 1 is 1.06 bits per heavy atom. The topological polar surface area (TPSA) is 118 Å². The van der Waals surface area contributed by atoms with Crippen LogP contribution in [0.2, 0.25) is 0 Å². The predicted octanol–water partition coefficient (Wildman–Crippen LogP) is 0.524. The van der Waals surface area contributed by atoms with E-state index < -0.39 is 23.8 Å². The van der Waals surface area contributed by atoms with Crippen LogP contribution in [-0.4, -0.2) is 35.1 Å². The van der Waals surface area contributed by atoms with Gasteiger partial charge >= 0.3 is 24.9 Å². The normalized spacial score (nSPS) is 26.2. The second-order valence-electron chi connectivity index (χ2n) is 4.14. The molecule has 2 N–H and O–H groups in total. The van der Waals surface area contributed by atoms with Crippen molar-refractivity contribution in [2.45, 2.75) is 26.2 Å². The highest BCUT2D eigenvalue weighted by molar-refractivity contribution is 5.80. The van der Waals surface area contributed by atoms with Gasteiger partial charge in [-0.3, -0.25) is 19.2 Å². The Bertz CT molecular complexity index is 307. The molecule has 7 nitrogen and oxygen atoms in total. The van der Waals surface area contributed by atoms with Crippen molar-refractivity contribution in [1.29, 1.82) is 0 Å². The van der Waals surface area contributed by atoms with Gasteiger partial charge in [0.25, 0.3) is 0 Å². The standard InChI is InChI=1S/C9H14O4.C2H2O3/c1-5-2-3-6(8(10)11)7(4-5)9(12)13;3-1-5-2-4/h5-7H,2-4H2,1H3,(H,10,11)(H,12,13);1-2H. The third-order valence-electron chi connectivity index (χ3n) is 2.86. The van der Waals surface area contributed by atoms with E-state index in [1.54, 1.807) is 0 Å². The van der Waals surface area contributed by atoms with Crippen LogP contribution in [0.5, 0.6) is 0 Å². The molecule has 0 aromatic heterocycles. The molecule has 3 unspecified atom stereocenters. The Hall–Kier alpha value is -1.92. The minimum atomic E-state index is -0.973. The van der Waals surface area contributed by atoms with E-state index in [1.807, 2.05) is 6.92 Å². The Labute approximate surface area is 104 Å². The maximum atomic E-state index is 10.8. The summed E-state index contributed by atoms with van der Waals surface area (Å²) in [6.07, 6.45) is 1.81. The van der Waals surface area contributed by atoms with Crippen LogP contribution < -0.4 is 0 Å². The Balaban J connectivity index is 0.000000494. The molecule has 0 radical (unpaired) electrons. The molecule has 1 rings (SSSR count). The van der Waals surface area contributed by atoms with Gasteiger partial charge in [-0.25, -0.2) is 0 Å². The van der Waals surface area contributed by atoms with Gasteiger partial charge < -0.3 is 14.9 Å². The van der Waals surface area contributed by atoms with Crippen LogP contribution in [0.4, 0.5) is 0 Å². The highest BCUT2D eigenvalue weighted by atomic mass is 16.6. The van der Waals surface area contributed by atoms with Crippen LogP contribution in [0.25, 0.3) is 0 Å². The van der Waals surface area contributed by atoms with Crippen molar-refractivity contribution < 1.29 is 34.1 Å². The van der Waals surface area contributed by atoms with Gasteiger partial charge in [0.2, 0.25) is 0 Å². The summed E-state index contributed by atoms with van der Waals surface area (Å²) < 4.78 is 3.47. The predicted molar refractivity (Wildman–Crippen MR) is 58.5 cm³/mol. The molecule has 7 heteroatoms. The molecule has 18 heavy (non-hydrogen) atoms. The Kier molecular flexibility index (Phi) is 7.34. The summed E-state index contributed by atoms with van der Waals surface area (Å²) in [5.74, 6) is -3.00. The second kappa shape index (κ2) is 8.21. The molecule has 0 saturated heterocycles. The summed E-state index contributed by atoms with van der Waals surface area (Å²) in [7, 11) is 0. The lowest BCUT2D eigenvalue weighted by molar-refractivity contribution is -0.156. The summed E-state index contributed by atoms with van der Waals surface area (Å²) >= 11 is 0. The molecule has 0 aromatic rings. The summed E-state index contributed by atoms with van der Waals surface area (Å²) in [5, 5.41) is 17.6. The zero-order valence-electron chi connectivity index (χ0n) is 9.94. The molecule has 1 aliphatic carbocycles. The third kappa shape index (κ3) is 5.42. The lowest BCUT2D eigenvalue weighted by Gasteiger charge is -2.29. The number of aliphatic carboxylic acids is 2. The second-order valence-corrected chi connectivity index (χ2v) is 4.14. The first-order valence-electron chi connectivity index (χ1n) is 5.42. The molecule has 1 saturated carbocycles. The number of ether oxygens (including phenoxy) is 1. The van der Waals surface area contributed by atoms with E-state index in [1.165, 1.54) is 0 Å². The van der Waals surface area contributed by atoms with Gasteiger partial charge in [0.15, 0.2) is 0 Å². The smallest absolute Gasteiger partial charge is 0.307 e. The molecule has 1 fully saturated rings. The average Bonchev–Trinajstić information content (AvgIpc) is 2.30. The number of carboxylic acid groups (broad SMARTS) is 2. The van der Waals surface area contributed by atoms with Crippen LogP contribution in [0.15, 0.2) is 0 Å². The van der Waals surface area contributed by atoms with Crippen molar-refractivity contribution in [2.24, 2.45) is 17.8 Å². The molecule has 3 atom stereocenters. The quantitative estimate of drug-likeness (QED) is 0.558. The highest BCUT2D eigenvalue weighted by Crippen LogP contribution is 2.33. The van der Waals surface area contributed by atoms with Gasteiger partial charge in [-0.15, -0.1) is 0 Å². The van der Waals surface area contributed by atoms with Crippen molar-refractivity contribution in [2.75, 3.05) is 0 Å². The van der Waals surface area contributed by atoms with Crippen LogP contribution in [-0.2, 0) is 23.9 Å². The molecule has 0 bridgehead atoms. The van der Waals surface area contributed by atoms with Gasteiger partial charge in [-0.1, -0.05) is 6.92 Å². The van der Waals surface area contributed by atoms with Crippen LogP contribution in [0.1, 0.15) is 26.2 Å². The monoisotopic (exact) mass is 260 g/mol. The highest BCUT2D eigenvalue weighted by Gasteiger charge is 2.37. The van der Waals surface area contributed by atoms with Gasteiger partial charge in [-0.2, -0.15) is 0 Å². The van der Waals surface area contributed by atoms with E-state index in [-0.39, 0.29) is 12.9 Å². The maximum Gasteiger partial charge on any atom is 0.307 e. The minimum Gasteiger partial charge on any atom is -0.481 e. The van der Waals surface area contributed by atoms with Crippen LogP contribution in [0.3, 0.4) is 0 Å². The summed E-state index contributed by atoms with van der Waals surface area (Å²) in [4.78, 5) is 39.4. The van der Waals surface area contributed by atoms with Crippen molar-refractivity contribution in [3.05, 3.63) is 0 Å². The lowest BCUT2D eigenvalue weighted by Crippen LogP contribution is -2.34. The maximum absolute atomic E-state index is 10.8. The number of hydrogen-bond donors (Lipinski definition) is 2.